The molecule has 0 fully saturated rings. The van der Waals surface area contributed by atoms with Crippen LogP contribution in [0.15, 0.2) is 30.4 Å². The Kier molecular flexibility index (Phi) is 13.2. The lowest BCUT2D eigenvalue weighted by Crippen LogP contribution is -1.94. The molecule has 0 radical (unpaired) electrons. The van der Waals surface area contributed by atoms with Crippen LogP contribution in [0.3, 0.4) is 0 Å². The van der Waals surface area contributed by atoms with Gasteiger partial charge in [-0.15, -0.1) is 0 Å². The molecule has 0 saturated heterocycles. The van der Waals surface area contributed by atoms with Gasteiger partial charge in [-0.3, -0.25) is 4.79 Å². The predicted octanol–water partition coefficient (Wildman–Crippen LogP) is 6.68. The SMILES string of the molecule is CCCCCCCCCCCC(=O)C=CCCc1ccc(OC)c(OC)c1. The van der Waals surface area contributed by atoms with Gasteiger partial charge in [0, 0.05) is 6.42 Å². The van der Waals surface area contributed by atoms with Gasteiger partial charge in [0.1, 0.15) is 0 Å². The van der Waals surface area contributed by atoms with Gasteiger partial charge in [0.05, 0.1) is 14.2 Å². The molecule has 0 amide bonds. The molecular weight excluding hydrogens is 336 g/mol. The van der Waals surface area contributed by atoms with E-state index in [1.807, 2.05) is 24.3 Å². The van der Waals surface area contributed by atoms with E-state index in [4.69, 9.17) is 9.47 Å². The molecular formula is C24H38O3. The Morgan fingerprint density at radius 1 is 0.889 bits per heavy atom. The summed E-state index contributed by atoms with van der Waals surface area (Å²) in [5.41, 5.74) is 1.18. The molecule has 0 aliphatic rings. The second kappa shape index (κ2) is 15.3. The summed E-state index contributed by atoms with van der Waals surface area (Å²) < 4.78 is 10.6. The third kappa shape index (κ3) is 10.8. The minimum atomic E-state index is 0.255. The Balaban J connectivity index is 2.11. The van der Waals surface area contributed by atoms with Gasteiger partial charge in [-0.25, -0.2) is 0 Å². The number of carbonyl (C=O) groups is 1. The molecule has 0 atom stereocenters. The van der Waals surface area contributed by atoms with Crippen LogP contribution < -0.4 is 9.47 Å². The lowest BCUT2D eigenvalue weighted by atomic mass is 10.0. The lowest BCUT2D eigenvalue weighted by molar-refractivity contribution is -0.114. The molecule has 0 aliphatic heterocycles. The maximum atomic E-state index is 11.9. The van der Waals surface area contributed by atoms with E-state index in [1.165, 1.54) is 56.9 Å². The predicted molar refractivity (Wildman–Crippen MR) is 114 cm³/mol. The fraction of sp³-hybridized carbons (Fsp3) is 0.625. The number of ether oxygens (including phenoxy) is 2. The summed E-state index contributed by atoms with van der Waals surface area (Å²) in [4.78, 5) is 11.9. The van der Waals surface area contributed by atoms with Crippen molar-refractivity contribution in [3.63, 3.8) is 0 Å². The number of hydrogen-bond acceptors (Lipinski definition) is 3. The number of methoxy groups -OCH3 is 2. The first-order valence-electron chi connectivity index (χ1n) is 10.6. The van der Waals surface area contributed by atoms with Gasteiger partial charge < -0.3 is 9.47 Å². The molecule has 1 rings (SSSR count). The Bertz CT molecular complexity index is 549. The van der Waals surface area contributed by atoms with Gasteiger partial charge in [0.15, 0.2) is 17.3 Å². The summed E-state index contributed by atoms with van der Waals surface area (Å²) in [5.74, 6) is 1.75. The molecule has 0 bridgehead atoms. The third-order valence-electron chi connectivity index (χ3n) is 4.88. The lowest BCUT2D eigenvalue weighted by Gasteiger charge is -2.08. The van der Waals surface area contributed by atoms with Crippen LogP contribution in [0.4, 0.5) is 0 Å². The molecule has 0 aliphatic carbocycles. The van der Waals surface area contributed by atoms with Gasteiger partial charge in [0.25, 0.3) is 0 Å². The van der Waals surface area contributed by atoms with Crippen LogP contribution in [0.1, 0.15) is 83.1 Å². The number of ketones is 1. The van der Waals surface area contributed by atoms with Crippen molar-refractivity contribution in [1.29, 1.82) is 0 Å². The number of unbranched alkanes of at least 4 members (excludes halogenated alkanes) is 8. The highest BCUT2D eigenvalue weighted by Gasteiger charge is 2.04. The van der Waals surface area contributed by atoms with Crippen LogP contribution in [0, 0.1) is 0 Å². The molecule has 0 aromatic heterocycles. The van der Waals surface area contributed by atoms with E-state index in [1.54, 1.807) is 20.3 Å². The normalized spacial score (nSPS) is 11.1. The van der Waals surface area contributed by atoms with Crippen LogP contribution in [0.5, 0.6) is 11.5 Å². The Labute approximate surface area is 166 Å². The summed E-state index contributed by atoms with van der Waals surface area (Å²) in [5, 5.41) is 0. The maximum Gasteiger partial charge on any atom is 0.160 e. The fourth-order valence-electron chi connectivity index (χ4n) is 3.19. The average Bonchev–Trinajstić information content (AvgIpc) is 2.69. The zero-order chi connectivity index (χ0) is 19.7. The van der Waals surface area contributed by atoms with E-state index in [0.717, 1.165) is 30.8 Å². The topological polar surface area (TPSA) is 35.5 Å². The quantitative estimate of drug-likeness (QED) is 0.239. The van der Waals surface area contributed by atoms with Crippen molar-refractivity contribution < 1.29 is 14.3 Å². The minimum absolute atomic E-state index is 0.255. The molecule has 0 saturated carbocycles. The highest BCUT2D eigenvalue weighted by atomic mass is 16.5. The smallest absolute Gasteiger partial charge is 0.160 e. The molecule has 0 N–H and O–H groups in total. The summed E-state index contributed by atoms with van der Waals surface area (Å²) in [6, 6.07) is 5.96. The standard InChI is InChI=1S/C24H38O3/c1-4-5-6-7-8-9-10-11-12-16-22(25)17-14-13-15-21-18-19-23(26-2)24(20-21)27-3/h14,17-20H,4-13,15-16H2,1-3H3. The third-order valence-corrected chi connectivity index (χ3v) is 4.88. The van der Waals surface area contributed by atoms with Gasteiger partial charge >= 0.3 is 0 Å². The molecule has 0 spiro atoms. The van der Waals surface area contributed by atoms with E-state index in [0.29, 0.717) is 6.42 Å². The van der Waals surface area contributed by atoms with Crippen LogP contribution in [0.2, 0.25) is 0 Å². The van der Waals surface area contributed by atoms with Crippen molar-refractivity contribution in [2.75, 3.05) is 14.2 Å². The highest BCUT2D eigenvalue weighted by Crippen LogP contribution is 2.27. The number of allylic oxidation sites excluding steroid dienone is 2. The van der Waals surface area contributed by atoms with Crippen molar-refractivity contribution in [3.05, 3.63) is 35.9 Å². The molecule has 0 unspecified atom stereocenters. The molecule has 0 heterocycles. The van der Waals surface area contributed by atoms with E-state index >= 15 is 0 Å². The number of hydrogen-bond donors (Lipinski definition) is 0. The van der Waals surface area contributed by atoms with Crippen LogP contribution >= 0.6 is 0 Å². The first kappa shape index (κ1) is 23.3. The summed E-state index contributed by atoms with van der Waals surface area (Å²) >= 11 is 0. The van der Waals surface area contributed by atoms with Crippen molar-refractivity contribution in [2.45, 2.75) is 84.0 Å². The molecule has 3 nitrogen and oxygen atoms in total. The monoisotopic (exact) mass is 374 g/mol. The number of rotatable bonds is 16. The fourth-order valence-corrected chi connectivity index (χ4v) is 3.19. The van der Waals surface area contributed by atoms with Crippen LogP contribution in [-0.2, 0) is 11.2 Å². The summed E-state index contributed by atoms with van der Waals surface area (Å²) in [6.07, 6.45) is 17.7. The van der Waals surface area contributed by atoms with E-state index in [2.05, 4.69) is 6.92 Å². The zero-order valence-corrected chi connectivity index (χ0v) is 17.6. The van der Waals surface area contributed by atoms with Crippen molar-refractivity contribution in [2.24, 2.45) is 0 Å². The largest absolute Gasteiger partial charge is 0.493 e. The van der Waals surface area contributed by atoms with Crippen LogP contribution in [-0.4, -0.2) is 20.0 Å². The Morgan fingerprint density at radius 3 is 2.15 bits per heavy atom. The second-order valence-corrected chi connectivity index (χ2v) is 7.18. The van der Waals surface area contributed by atoms with Crippen molar-refractivity contribution in [1.82, 2.24) is 0 Å². The zero-order valence-electron chi connectivity index (χ0n) is 17.6. The van der Waals surface area contributed by atoms with Gasteiger partial charge in [0.2, 0.25) is 0 Å². The first-order valence-corrected chi connectivity index (χ1v) is 10.6. The summed E-state index contributed by atoms with van der Waals surface area (Å²) in [7, 11) is 3.28. The maximum absolute atomic E-state index is 11.9. The number of aryl methyl sites for hydroxylation is 1. The van der Waals surface area contributed by atoms with Gasteiger partial charge in [-0.1, -0.05) is 70.4 Å². The van der Waals surface area contributed by atoms with Crippen molar-refractivity contribution in [3.8, 4) is 11.5 Å². The minimum Gasteiger partial charge on any atom is -0.493 e. The average molecular weight is 375 g/mol. The Morgan fingerprint density at radius 2 is 1.52 bits per heavy atom. The molecule has 1 aromatic carbocycles. The number of carbonyl (C=O) groups excluding carboxylic acids is 1. The second-order valence-electron chi connectivity index (χ2n) is 7.18. The Hall–Kier alpha value is -1.77. The summed E-state index contributed by atoms with van der Waals surface area (Å²) in [6.45, 7) is 2.25. The van der Waals surface area contributed by atoms with Crippen molar-refractivity contribution >= 4 is 5.78 Å². The van der Waals surface area contributed by atoms with E-state index < -0.39 is 0 Å². The molecule has 27 heavy (non-hydrogen) atoms. The number of benzene rings is 1. The molecule has 1 aromatic rings. The van der Waals surface area contributed by atoms with E-state index in [9.17, 15) is 4.79 Å². The highest BCUT2D eigenvalue weighted by molar-refractivity contribution is 5.89. The molecule has 152 valence electrons. The van der Waals surface area contributed by atoms with Gasteiger partial charge in [-0.2, -0.15) is 0 Å². The molecule has 3 heteroatoms. The van der Waals surface area contributed by atoms with Crippen LogP contribution in [0.25, 0.3) is 0 Å². The first-order chi connectivity index (χ1) is 13.2. The van der Waals surface area contributed by atoms with E-state index in [-0.39, 0.29) is 5.78 Å². The van der Waals surface area contributed by atoms with Gasteiger partial charge in [-0.05, 0) is 43.0 Å².